The second-order valence-corrected chi connectivity index (χ2v) is 5.15. The first kappa shape index (κ1) is 14.8. The summed E-state index contributed by atoms with van der Waals surface area (Å²) in [6, 6.07) is 10.0. The molecule has 0 fully saturated rings. The molecular weight excluding hydrogens is 279 g/mol. The van der Waals surface area contributed by atoms with Gasteiger partial charge in [0, 0.05) is 0 Å². The monoisotopic (exact) mass is 294 g/mol. The molecule has 0 radical (unpaired) electrons. The summed E-state index contributed by atoms with van der Waals surface area (Å²) in [5, 5.41) is 9.60. The van der Waals surface area contributed by atoms with Crippen molar-refractivity contribution in [3.63, 3.8) is 0 Å². The Morgan fingerprint density at radius 2 is 2.00 bits per heavy atom. The summed E-state index contributed by atoms with van der Waals surface area (Å²) in [6.45, 7) is 3.95. The van der Waals surface area contributed by atoms with Gasteiger partial charge in [-0.1, -0.05) is 23.7 Å². The van der Waals surface area contributed by atoms with Gasteiger partial charge in [-0.2, -0.15) is 0 Å². The van der Waals surface area contributed by atoms with Crippen LogP contribution in [0.3, 0.4) is 0 Å². The second-order valence-electron chi connectivity index (χ2n) is 4.74. The van der Waals surface area contributed by atoms with Gasteiger partial charge in [-0.05, 0) is 54.8 Å². The van der Waals surface area contributed by atoms with E-state index in [0.717, 1.165) is 22.4 Å². The Morgan fingerprint density at radius 3 is 2.60 bits per heavy atom. The number of hydrogen-bond donors (Lipinski definition) is 1. The van der Waals surface area contributed by atoms with E-state index in [1.165, 1.54) is 6.07 Å². The number of benzene rings is 2. The van der Waals surface area contributed by atoms with Gasteiger partial charge in [0.05, 0.1) is 11.1 Å². The van der Waals surface area contributed by atoms with Gasteiger partial charge in [-0.25, -0.2) is 4.39 Å². The molecule has 2 nitrogen and oxygen atoms in total. The van der Waals surface area contributed by atoms with Gasteiger partial charge in [0.15, 0.2) is 0 Å². The van der Waals surface area contributed by atoms with Gasteiger partial charge in [0.25, 0.3) is 0 Å². The molecule has 4 heteroatoms. The maximum atomic E-state index is 13.0. The van der Waals surface area contributed by atoms with Crippen LogP contribution in [0.4, 0.5) is 4.39 Å². The first-order chi connectivity index (χ1) is 9.47. The Balaban J connectivity index is 2.09. The van der Waals surface area contributed by atoms with Crippen LogP contribution in [0, 0.1) is 12.7 Å². The van der Waals surface area contributed by atoms with E-state index in [1.807, 2.05) is 25.1 Å². The average molecular weight is 295 g/mol. The molecule has 0 bridgehead atoms. The molecule has 106 valence electrons. The van der Waals surface area contributed by atoms with Gasteiger partial charge in [0.2, 0.25) is 0 Å². The van der Waals surface area contributed by atoms with Crippen LogP contribution in [0.25, 0.3) is 0 Å². The highest BCUT2D eigenvalue weighted by molar-refractivity contribution is 6.30. The highest BCUT2D eigenvalue weighted by Crippen LogP contribution is 2.24. The third kappa shape index (κ3) is 3.50. The molecule has 1 atom stereocenters. The van der Waals surface area contributed by atoms with E-state index < -0.39 is 11.9 Å². The SMILES string of the molecule is Cc1cc([C@@H](C)O)ccc1OCc1ccc(F)c(Cl)c1. The maximum absolute atomic E-state index is 13.0. The van der Waals surface area contributed by atoms with Crippen molar-refractivity contribution in [1.82, 2.24) is 0 Å². The van der Waals surface area contributed by atoms with Crippen molar-refractivity contribution < 1.29 is 14.2 Å². The summed E-state index contributed by atoms with van der Waals surface area (Å²) >= 11 is 5.72. The normalized spacial score (nSPS) is 12.2. The molecular formula is C16H16ClFO2. The Labute approximate surface area is 122 Å². The molecule has 0 saturated carbocycles. The highest BCUT2D eigenvalue weighted by atomic mass is 35.5. The van der Waals surface area contributed by atoms with Crippen molar-refractivity contribution in [3.05, 3.63) is 63.9 Å². The Hall–Kier alpha value is -1.58. The average Bonchev–Trinajstić information content (AvgIpc) is 2.41. The van der Waals surface area contributed by atoms with Crippen molar-refractivity contribution >= 4 is 11.6 Å². The number of hydrogen-bond acceptors (Lipinski definition) is 2. The van der Waals surface area contributed by atoms with Crippen LogP contribution in [-0.2, 0) is 6.61 Å². The lowest BCUT2D eigenvalue weighted by Crippen LogP contribution is -1.99. The van der Waals surface area contributed by atoms with Gasteiger partial charge in [-0.3, -0.25) is 0 Å². The Kier molecular flexibility index (Phi) is 4.63. The van der Waals surface area contributed by atoms with E-state index in [1.54, 1.807) is 19.1 Å². The molecule has 0 aliphatic heterocycles. The largest absolute Gasteiger partial charge is 0.489 e. The molecule has 2 rings (SSSR count). The summed E-state index contributed by atoms with van der Waals surface area (Å²) in [5.74, 6) is 0.294. The van der Waals surface area contributed by atoms with Gasteiger partial charge in [0.1, 0.15) is 18.2 Å². The van der Waals surface area contributed by atoms with Crippen LogP contribution in [0.2, 0.25) is 5.02 Å². The van der Waals surface area contributed by atoms with E-state index >= 15 is 0 Å². The van der Waals surface area contributed by atoms with E-state index in [0.29, 0.717) is 6.61 Å². The number of halogens is 2. The van der Waals surface area contributed by atoms with Crippen molar-refractivity contribution in [1.29, 1.82) is 0 Å². The zero-order chi connectivity index (χ0) is 14.7. The molecule has 2 aromatic rings. The summed E-state index contributed by atoms with van der Waals surface area (Å²) in [6.07, 6.45) is -0.501. The fraction of sp³-hybridized carbons (Fsp3) is 0.250. The van der Waals surface area contributed by atoms with Crippen LogP contribution in [0.1, 0.15) is 29.7 Å². The van der Waals surface area contributed by atoms with Gasteiger partial charge < -0.3 is 9.84 Å². The number of aryl methyl sites for hydroxylation is 1. The van der Waals surface area contributed by atoms with Crippen molar-refractivity contribution in [2.75, 3.05) is 0 Å². The number of aliphatic hydroxyl groups is 1. The van der Waals surface area contributed by atoms with E-state index in [-0.39, 0.29) is 5.02 Å². The van der Waals surface area contributed by atoms with E-state index in [4.69, 9.17) is 16.3 Å². The third-order valence-electron chi connectivity index (χ3n) is 3.06. The minimum atomic E-state index is -0.501. The molecule has 0 aliphatic carbocycles. The topological polar surface area (TPSA) is 29.5 Å². The Bertz CT molecular complexity index is 611. The fourth-order valence-corrected chi connectivity index (χ4v) is 2.09. The van der Waals surface area contributed by atoms with Crippen LogP contribution >= 0.6 is 11.6 Å². The predicted molar refractivity (Wildman–Crippen MR) is 77.6 cm³/mol. The molecule has 0 heterocycles. The molecule has 2 aromatic carbocycles. The minimum Gasteiger partial charge on any atom is -0.489 e. The second kappa shape index (κ2) is 6.25. The van der Waals surface area contributed by atoms with Gasteiger partial charge >= 0.3 is 0 Å². The molecule has 20 heavy (non-hydrogen) atoms. The molecule has 0 aromatic heterocycles. The van der Waals surface area contributed by atoms with E-state index in [9.17, 15) is 9.50 Å². The lowest BCUT2D eigenvalue weighted by Gasteiger charge is -2.12. The molecule has 0 aliphatic rings. The Morgan fingerprint density at radius 1 is 1.25 bits per heavy atom. The molecule has 0 unspecified atom stereocenters. The molecule has 1 N–H and O–H groups in total. The standard InChI is InChI=1S/C16H16ClFO2/c1-10-7-13(11(2)19)4-6-16(10)20-9-12-3-5-15(18)14(17)8-12/h3-8,11,19H,9H2,1-2H3/t11-/m1/s1. The first-order valence-corrected chi connectivity index (χ1v) is 6.70. The van der Waals surface area contributed by atoms with Crippen LogP contribution < -0.4 is 4.74 Å². The van der Waals surface area contributed by atoms with Gasteiger partial charge in [-0.15, -0.1) is 0 Å². The summed E-state index contributed by atoms with van der Waals surface area (Å²) in [7, 11) is 0. The number of rotatable bonds is 4. The summed E-state index contributed by atoms with van der Waals surface area (Å²) in [5.41, 5.74) is 2.59. The minimum absolute atomic E-state index is 0.0901. The lowest BCUT2D eigenvalue weighted by molar-refractivity contribution is 0.199. The maximum Gasteiger partial charge on any atom is 0.141 e. The smallest absolute Gasteiger partial charge is 0.141 e. The fourth-order valence-electron chi connectivity index (χ4n) is 1.88. The van der Waals surface area contributed by atoms with Crippen molar-refractivity contribution in [2.24, 2.45) is 0 Å². The zero-order valence-electron chi connectivity index (χ0n) is 11.4. The predicted octanol–water partition coefficient (Wildman–Crippen LogP) is 4.42. The van der Waals surface area contributed by atoms with Crippen LogP contribution in [0.15, 0.2) is 36.4 Å². The number of aliphatic hydroxyl groups excluding tert-OH is 1. The third-order valence-corrected chi connectivity index (χ3v) is 3.35. The first-order valence-electron chi connectivity index (χ1n) is 6.32. The van der Waals surface area contributed by atoms with Crippen LogP contribution in [0.5, 0.6) is 5.75 Å². The van der Waals surface area contributed by atoms with E-state index in [2.05, 4.69) is 0 Å². The summed E-state index contributed by atoms with van der Waals surface area (Å²) in [4.78, 5) is 0. The molecule has 0 amide bonds. The lowest BCUT2D eigenvalue weighted by atomic mass is 10.1. The van der Waals surface area contributed by atoms with Crippen molar-refractivity contribution in [2.45, 2.75) is 26.6 Å². The quantitative estimate of drug-likeness (QED) is 0.904. The highest BCUT2D eigenvalue weighted by Gasteiger charge is 2.06. The number of ether oxygens (including phenoxy) is 1. The summed E-state index contributed by atoms with van der Waals surface area (Å²) < 4.78 is 18.7. The van der Waals surface area contributed by atoms with Crippen molar-refractivity contribution in [3.8, 4) is 5.75 Å². The van der Waals surface area contributed by atoms with Crippen LogP contribution in [-0.4, -0.2) is 5.11 Å². The molecule has 0 spiro atoms. The molecule has 0 saturated heterocycles. The zero-order valence-corrected chi connectivity index (χ0v) is 12.1.